The summed E-state index contributed by atoms with van der Waals surface area (Å²) in [4.78, 5) is 30.6. The van der Waals surface area contributed by atoms with Crippen LogP contribution in [0.4, 0.5) is 13.2 Å². The quantitative estimate of drug-likeness (QED) is 0.407. The molecular weight excluding hydrogens is 457 g/mol. The first-order chi connectivity index (χ1) is 15.8. The lowest BCUT2D eigenvalue weighted by Gasteiger charge is -2.22. The Labute approximate surface area is 192 Å². The molecule has 0 aliphatic carbocycles. The topological polar surface area (TPSA) is 68.7 Å². The molecule has 0 N–H and O–H groups in total. The molecule has 1 aromatic heterocycles. The summed E-state index contributed by atoms with van der Waals surface area (Å²) < 4.78 is 49.1. The van der Waals surface area contributed by atoms with Crippen molar-refractivity contribution in [2.24, 2.45) is 0 Å². The Morgan fingerprint density at radius 3 is 2.52 bits per heavy atom. The number of ether oxygens (including phenoxy) is 2. The Morgan fingerprint density at radius 1 is 1.12 bits per heavy atom. The number of hydrogen-bond donors (Lipinski definition) is 0. The Kier molecular flexibility index (Phi) is 8.05. The molecule has 0 aliphatic rings. The van der Waals surface area contributed by atoms with E-state index < -0.39 is 23.6 Å². The molecule has 10 heteroatoms. The van der Waals surface area contributed by atoms with Gasteiger partial charge in [-0.2, -0.15) is 13.2 Å². The number of hydrogen-bond acceptors (Lipinski definition) is 6. The fourth-order valence-corrected chi connectivity index (χ4v) is 3.49. The van der Waals surface area contributed by atoms with E-state index in [2.05, 4.69) is 4.98 Å². The number of esters is 1. The molecule has 0 spiro atoms. The van der Waals surface area contributed by atoms with Gasteiger partial charge in [-0.05, 0) is 42.8 Å². The molecule has 33 heavy (non-hydrogen) atoms. The molecule has 0 atom stereocenters. The summed E-state index contributed by atoms with van der Waals surface area (Å²) in [6, 6.07) is 10.9. The van der Waals surface area contributed by atoms with Crippen LogP contribution in [-0.2, 0) is 28.9 Å². The van der Waals surface area contributed by atoms with Crippen molar-refractivity contribution in [1.29, 1.82) is 0 Å². The molecule has 2 aromatic carbocycles. The van der Waals surface area contributed by atoms with E-state index in [1.807, 2.05) is 5.38 Å². The minimum absolute atomic E-state index is 0.0697. The monoisotopic (exact) mass is 478 g/mol. The van der Waals surface area contributed by atoms with E-state index in [0.29, 0.717) is 11.3 Å². The van der Waals surface area contributed by atoms with Crippen LogP contribution < -0.4 is 4.74 Å². The van der Waals surface area contributed by atoms with Crippen LogP contribution in [0.1, 0.15) is 34.1 Å². The normalized spacial score (nSPS) is 11.2. The Balaban J connectivity index is 1.77. The van der Waals surface area contributed by atoms with Gasteiger partial charge in [-0.1, -0.05) is 18.2 Å². The maximum atomic E-state index is 13.2. The predicted octanol–water partition coefficient (Wildman–Crippen LogP) is 4.95. The number of benzene rings is 2. The molecule has 6 nitrogen and oxygen atoms in total. The highest BCUT2D eigenvalue weighted by Crippen LogP contribution is 2.29. The summed E-state index contributed by atoms with van der Waals surface area (Å²) in [7, 11) is 0. The summed E-state index contributed by atoms with van der Waals surface area (Å²) in [5, 5.41) is 1.85. The van der Waals surface area contributed by atoms with Gasteiger partial charge in [-0.15, -0.1) is 11.3 Å². The maximum Gasteiger partial charge on any atom is 0.416 e. The second-order valence-electron chi connectivity index (χ2n) is 6.96. The van der Waals surface area contributed by atoms with E-state index in [9.17, 15) is 22.8 Å². The van der Waals surface area contributed by atoms with Crippen LogP contribution in [0.25, 0.3) is 0 Å². The zero-order chi connectivity index (χ0) is 23.8. The molecule has 3 aromatic rings. The van der Waals surface area contributed by atoms with Gasteiger partial charge in [0.05, 0.1) is 23.4 Å². The van der Waals surface area contributed by atoms with Crippen LogP contribution in [0.2, 0.25) is 0 Å². The lowest BCUT2D eigenvalue weighted by Crippen LogP contribution is -2.36. The Morgan fingerprint density at radius 2 is 1.88 bits per heavy atom. The van der Waals surface area contributed by atoms with Gasteiger partial charge in [0.15, 0.2) is 0 Å². The van der Waals surface area contributed by atoms with Crippen molar-refractivity contribution in [2.75, 3.05) is 13.2 Å². The fraction of sp³-hybridized carbons (Fsp3) is 0.261. The van der Waals surface area contributed by atoms with Crippen molar-refractivity contribution in [3.8, 4) is 5.75 Å². The molecule has 0 saturated heterocycles. The molecule has 0 saturated carbocycles. The molecule has 0 aliphatic heterocycles. The number of nitrogens with zero attached hydrogens (tertiary/aromatic N) is 2. The Bertz CT molecular complexity index is 1070. The highest BCUT2D eigenvalue weighted by molar-refractivity contribution is 7.07. The highest BCUT2D eigenvalue weighted by Gasteiger charge is 2.30. The van der Waals surface area contributed by atoms with Gasteiger partial charge in [0.1, 0.15) is 18.9 Å². The average Bonchev–Trinajstić information content (AvgIpc) is 3.31. The smallest absolute Gasteiger partial charge is 0.416 e. The van der Waals surface area contributed by atoms with Crippen molar-refractivity contribution in [2.45, 2.75) is 26.3 Å². The summed E-state index contributed by atoms with van der Waals surface area (Å²) >= 11 is 1.44. The van der Waals surface area contributed by atoms with E-state index in [4.69, 9.17) is 9.47 Å². The molecule has 0 bridgehead atoms. The number of carbonyl (C=O) groups is 2. The van der Waals surface area contributed by atoms with Crippen LogP contribution in [-0.4, -0.2) is 34.9 Å². The molecule has 0 radical (unpaired) electrons. The number of carbonyl (C=O) groups excluding carboxylic acids is 2. The number of aromatic nitrogens is 1. The summed E-state index contributed by atoms with van der Waals surface area (Å²) in [6.45, 7) is 1.60. The third kappa shape index (κ3) is 7.04. The standard InChI is InChI=1S/C23H21F3N2O4S/c1-2-31-21(29)12-28(11-16-6-8-18(9-7-16)23(24,25)26)22(30)17-4-3-5-20(10-17)32-13-19-14-33-15-27-19/h3-10,14-15H,2,11-13H2,1H3. The predicted molar refractivity (Wildman–Crippen MR) is 116 cm³/mol. The van der Waals surface area contributed by atoms with Gasteiger partial charge in [-0.3, -0.25) is 9.59 Å². The minimum atomic E-state index is -4.46. The van der Waals surface area contributed by atoms with Crippen molar-refractivity contribution in [3.63, 3.8) is 0 Å². The maximum absolute atomic E-state index is 13.2. The van der Waals surface area contributed by atoms with Crippen molar-refractivity contribution < 1.29 is 32.2 Å². The number of amides is 1. The summed E-state index contributed by atoms with van der Waals surface area (Å²) in [6.07, 6.45) is -4.46. The van der Waals surface area contributed by atoms with Crippen LogP contribution in [0.15, 0.2) is 59.4 Å². The van der Waals surface area contributed by atoms with Gasteiger partial charge < -0.3 is 14.4 Å². The van der Waals surface area contributed by atoms with Crippen molar-refractivity contribution in [3.05, 3.63) is 81.8 Å². The van der Waals surface area contributed by atoms with E-state index in [-0.39, 0.29) is 31.9 Å². The first kappa shape index (κ1) is 24.2. The SMILES string of the molecule is CCOC(=O)CN(Cc1ccc(C(F)(F)F)cc1)C(=O)c1cccc(OCc2cscn2)c1. The summed E-state index contributed by atoms with van der Waals surface area (Å²) in [5.74, 6) is -0.657. The number of alkyl halides is 3. The van der Waals surface area contributed by atoms with Crippen LogP contribution >= 0.6 is 11.3 Å². The van der Waals surface area contributed by atoms with Gasteiger partial charge >= 0.3 is 12.1 Å². The number of rotatable bonds is 9. The van der Waals surface area contributed by atoms with Crippen molar-refractivity contribution in [1.82, 2.24) is 9.88 Å². The van der Waals surface area contributed by atoms with Crippen LogP contribution in [0, 0.1) is 0 Å². The molecular formula is C23H21F3N2O4S. The van der Waals surface area contributed by atoms with Crippen LogP contribution in [0.3, 0.4) is 0 Å². The van der Waals surface area contributed by atoms with Gasteiger partial charge in [0.25, 0.3) is 5.91 Å². The van der Waals surface area contributed by atoms with E-state index >= 15 is 0 Å². The largest absolute Gasteiger partial charge is 0.487 e. The first-order valence-corrected chi connectivity index (χ1v) is 10.9. The van der Waals surface area contributed by atoms with E-state index in [1.54, 1.807) is 36.7 Å². The van der Waals surface area contributed by atoms with E-state index in [1.165, 1.54) is 28.4 Å². The molecule has 0 unspecified atom stereocenters. The second kappa shape index (κ2) is 11.0. The average molecular weight is 478 g/mol. The minimum Gasteiger partial charge on any atom is -0.487 e. The lowest BCUT2D eigenvalue weighted by molar-refractivity contribution is -0.144. The molecule has 3 rings (SSSR count). The van der Waals surface area contributed by atoms with Crippen LogP contribution in [0.5, 0.6) is 5.75 Å². The summed E-state index contributed by atoms with van der Waals surface area (Å²) in [5.41, 5.74) is 2.36. The molecule has 0 fully saturated rings. The Hall–Kier alpha value is -3.40. The molecule has 1 amide bonds. The third-order valence-corrected chi connectivity index (χ3v) is 5.15. The highest BCUT2D eigenvalue weighted by atomic mass is 32.1. The van der Waals surface area contributed by atoms with Gasteiger partial charge in [0.2, 0.25) is 0 Å². The lowest BCUT2D eigenvalue weighted by atomic mass is 10.1. The fourth-order valence-electron chi connectivity index (χ4n) is 2.95. The third-order valence-electron chi connectivity index (χ3n) is 4.52. The zero-order valence-electron chi connectivity index (χ0n) is 17.7. The number of halogens is 3. The van der Waals surface area contributed by atoms with Gasteiger partial charge in [-0.25, -0.2) is 4.98 Å². The molecule has 1 heterocycles. The zero-order valence-corrected chi connectivity index (χ0v) is 18.5. The van der Waals surface area contributed by atoms with E-state index in [0.717, 1.165) is 17.8 Å². The molecule has 174 valence electrons. The first-order valence-electron chi connectivity index (χ1n) is 9.97. The van der Waals surface area contributed by atoms with Crippen molar-refractivity contribution >= 4 is 23.2 Å². The second-order valence-corrected chi connectivity index (χ2v) is 7.68. The number of thiazole rings is 1. The van der Waals surface area contributed by atoms with Gasteiger partial charge in [0, 0.05) is 17.5 Å².